The van der Waals surface area contributed by atoms with Gasteiger partial charge in [-0.25, -0.2) is 4.79 Å². The van der Waals surface area contributed by atoms with Crippen molar-refractivity contribution < 1.29 is 14.6 Å². The number of halogens is 1. The number of urea groups is 1. The molecule has 0 aromatic heterocycles. The number of hydrogen-bond acceptors (Lipinski definition) is 3. The van der Waals surface area contributed by atoms with Gasteiger partial charge in [0.2, 0.25) is 0 Å². The van der Waals surface area contributed by atoms with Gasteiger partial charge in [-0.05, 0) is 37.1 Å². The minimum absolute atomic E-state index is 0.0169. The minimum atomic E-state index is -0.417. The first-order valence-electron chi connectivity index (χ1n) is 7.77. The molecular weight excluding hydrogens is 304 g/mol. The summed E-state index contributed by atoms with van der Waals surface area (Å²) in [6.07, 6.45) is 3.32. The summed E-state index contributed by atoms with van der Waals surface area (Å²) in [7, 11) is 0. The first-order chi connectivity index (χ1) is 10.6. The fourth-order valence-corrected chi connectivity index (χ4v) is 3.04. The van der Waals surface area contributed by atoms with E-state index in [1.165, 1.54) is 0 Å². The molecule has 2 fully saturated rings. The van der Waals surface area contributed by atoms with Crippen LogP contribution in [0.15, 0.2) is 24.3 Å². The number of amides is 2. The molecule has 1 aliphatic heterocycles. The van der Waals surface area contributed by atoms with Crippen LogP contribution < -0.4 is 10.1 Å². The molecule has 1 saturated carbocycles. The Morgan fingerprint density at radius 2 is 1.91 bits per heavy atom. The number of benzene rings is 1. The lowest BCUT2D eigenvalue weighted by Crippen LogP contribution is -2.61. The molecule has 2 N–H and O–H groups in total. The number of carbonyl (C=O) groups excluding carboxylic acids is 1. The summed E-state index contributed by atoms with van der Waals surface area (Å²) >= 11 is 5.83. The van der Waals surface area contributed by atoms with Crippen molar-refractivity contribution in [2.24, 2.45) is 0 Å². The summed E-state index contributed by atoms with van der Waals surface area (Å²) in [6, 6.07) is 6.99. The Kier molecular flexibility index (Phi) is 4.74. The number of carbonyl (C=O) groups is 1. The highest BCUT2D eigenvalue weighted by atomic mass is 35.5. The van der Waals surface area contributed by atoms with Gasteiger partial charge < -0.3 is 20.1 Å². The topological polar surface area (TPSA) is 61.8 Å². The molecule has 1 aliphatic carbocycles. The van der Waals surface area contributed by atoms with Gasteiger partial charge in [-0.2, -0.15) is 0 Å². The molecule has 2 aliphatic rings. The van der Waals surface area contributed by atoms with E-state index in [1.807, 2.05) is 12.1 Å². The van der Waals surface area contributed by atoms with Gasteiger partial charge in [0.15, 0.2) is 0 Å². The molecule has 1 heterocycles. The number of likely N-dealkylation sites (tertiary alicyclic amines) is 1. The highest BCUT2D eigenvalue weighted by molar-refractivity contribution is 6.30. The van der Waals surface area contributed by atoms with Crippen molar-refractivity contribution in [3.63, 3.8) is 0 Å². The smallest absolute Gasteiger partial charge is 0.317 e. The molecule has 2 amide bonds. The van der Waals surface area contributed by atoms with Crippen LogP contribution in [0, 0.1) is 0 Å². The lowest BCUT2D eigenvalue weighted by atomic mass is 9.93. The number of ether oxygens (including phenoxy) is 1. The molecule has 1 aromatic rings. The second kappa shape index (κ2) is 6.75. The van der Waals surface area contributed by atoms with Crippen molar-refractivity contribution in [1.29, 1.82) is 0 Å². The summed E-state index contributed by atoms with van der Waals surface area (Å²) < 4.78 is 5.77. The van der Waals surface area contributed by atoms with Crippen molar-refractivity contribution in [3.8, 4) is 5.75 Å². The Labute approximate surface area is 135 Å². The van der Waals surface area contributed by atoms with E-state index in [4.69, 9.17) is 16.3 Å². The summed E-state index contributed by atoms with van der Waals surface area (Å²) in [5, 5.41) is 13.5. The van der Waals surface area contributed by atoms with Gasteiger partial charge in [0.1, 0.15) is 11.9 Å². The third kappa shape index (κ3) is 3.65. The summed E-state index contributed by atoms with van der Waals surface area (Å²) in [5.74, 6) is 0.761. The Bertz CT molecular complexity index is 517. The first kappa shape index (κ1) is 15.4. The standard InChI is InChI=1S/C16H21ClN2O3/c17-11-5-7-12(8-6-11)22-13-9-19(10-13)16(21)18-14-3-1-2-4-15(14)20/h5-8,13-15,20H,1-4,9-10H2,(H,18,21)/t14?,15-/m1/s1. The molecular formula is C16H21ClN2O3. The van der Waals surface area contributed by atoms with E-state index >= 15 is 0 Å². The monoisotopic (exact) mass is 324 g/mol. The average molecular weight is 325 g/mol. The van der Waals surface area contributed by atoms with Gasteiger partial charge in [0, 0.05) is 5.02 Å². The van der Waals surface area contributed by atoms with Gasteiger partial charge in [-0.1, -0.05) is 24.4 Å². The second-order valence-corrected chi connectivity index (χ2v) is 6.44. The minimum Gasteiger partial charge on any atom is -0.487 e. The molecule has 5 nitrogen and oxygen atoms in total. The van der Waals surface area contributed by atoms with Crippen LogP contribution in [0.1, 0.15) is 25.7 Å². The quantitative estimate of drug-likeness (QED) is 0.897. The van der Waals surface area contributed by atoms with Crippen LogP contribution in [0.5, 0.6) is 5.75 Å². The summed E-state index contributed by atoms with van der Waals surface area (Å²) in [5.41, 5.74) is 0. The van der Waals surface area contributed by atoms with E-state index in [1.54, 1.807) is 17.0 Å². The molecule has 2 atom stereocenters. The van der Waals surface area contributed by atoms with Crippen LogP contribution in [0.25, 0.3) is 0 Å². The molecule has 1 saturated heterocycles. The van der Waals surface area contributed by atoms with Crippen LogP contribution in [0.2, 0.25) is 5.02 Å². The van der Waals surface area contributed by atoms with Crippen molar-refractivity contribution in [2.75, 3.05) is 13.1 Å². The largest absolute Gasteiger partial charge is 0.487 e. The lowest BCUT2D eigenvalue weighted by molar-refractivity contribution is 0.0368. The van der Waals surface area contributed by atoms with Crippen molar-refractivity contribution >= 4 is 17.6 Å². The van der Waals surface area contributed by atoms with Gasteiger partial charge in [0.05, 0.1) is 25.2 Å². The van der Waals surface area contributed by atoms with Gasteiger partial charge in [-0.3, -0.25) is 0 Å². The van der Waals surface area contributed by atoms with Gasteiger partial charge in [0.25, 0.3) is 0 Å². The molecule has 1 aromatic carbocycles. The molecule has 0 radical (unpaired) electrons. The molecule has 0 spiro atoms. The maximum Gasteiger partial charge on any atom is 0.317 e. The van der Waals surface area contributed by atoms with Crippen molar-refractivity contribution in [3.05, 3.63) is 29.3 Å². The Morgan fingerprint density at radius 3 is 2.59 bits per heavy atom. The highest BCUT2D eigenvalue weighted by Gasteiger charge is 2.34. The number of aliphatic hydroxyl groups excluding tert-OH is 1. The SMILES string of the molecule is O=C(NC1CCCC[C@H]1O)N1CC(Oc2ccc(Cl)cc2)C1. The predicted molar refractivity (Wildman–Crippen MR) is 84.2 cm³/mol. The van der Waals surface area contributed by atoms with Crippen LogP contribution in [-0.2, 0) is 0 Å². The highest BCUT2D eigenvalue weighted by Crippen LogP contribution is 2.22. The Morgan fingerprint density at radius 1 is 1.23 bits per heavy atom. The maximum absolute atomic E-state index is 12.1. The second-order valence-electron chi connectivity index (χ2n) is 6.01. The molecule has 3 rings (SSSR count). The number of nitrogens with one attached hydrogen (secondary N) is 1. The van der Waals surface area contributed by atoms with Crippen LogP contribution in [0.3, 0.4) is 0 Å². The van der Waals surface area contributed by atoms with E-state index in [9.17, 15) is 9.90 Å². The maximum atomic E-state index is 12.1. The number of hydrogen-bond donors (Lipinski definition) is 2. The van der Waals surface area contributed by atoms with Crippen LogP contribution in [0.4, 0.5) is 4.79 Å². The third-order valence-corrected chi connectivity index (χ3v) is 4.54. The van der Waals surface area contributed by atoms with Gasteiger partial charge in [-0.15, -0.1) is 0 Å². The van der Waals surface area contributed by atoms with Gasteiger partial charge >= 0.3 is 6.03 Å². The summed E-state index contributed by atoms with van der Waals surface area (Å²) in [4.78, 5) is 13.8. The Balaban J connectivity index is 1.42. The van der Waals surface area contributed by atoms with E-state index in [2.05, 4.69) is 5.32 Å². The molecule has 1 unspecified atom stereocenters. The normalized spacial score (nSPS) is 25.5. The van der Waals surface area contributed by atoms with Crippen LogP contribution >= 0.6 is 11.6 Å². The predicted octanol–water partition coefficient (Wildman–Crippen LogP) is 2.42. The van der Waals surface area contributed by atoms with E-state index in [-0.39, 0.29) is 18.2 Å². The molecule has 22 heavy (non-hydrogen) atoms. The Hall–Kier alpha value is -1.46. The summed E-state index contributed by atoms with van der Waals surface area (Å²) in [6.45, 7) is 1.13. The molecule has 120 valence electrons. The van der Waals surface area contributed by atoms with Crippen molar-refractivity contribution in [2.45, 2.75) is 43.9 Å². The zero-order valence-electron chi connectivity index (χ0n) is 12.4. The molecule has 0 bridgehead atoms. The van der Waals surface area contributed by atoms with E-state index < -0.39 is 6.10 Å². The molecule has 6 heteroatoms. The number of nitrogens with zero attached hydrogens (tertiary/aromatic N) is 1. The van der Waals surface area contributed by atoms with E-state index in [0.29, 0.717) is 18.1 Å². The lowest BCUT2D eigenvalue weighted by Gasteiger charge is -2.40. The average Bonchev–Trinajstić information content (AvgIpc) is 2.46. The zero-order chi connectivity index (χ0) is 15.5. The third-order valence-electron chi connectivity index (χ3n) is 4.29. The van der Waals surface area contributed by atoms with Crippen LogP contribution in [-0.4, -0.2) is 47.4 Å². The number of aliphatic hydroxyl groups is 1. The van der Waals surface area contributed by atoms with Crippen molar-refractivity contribution in [1.82, 2.24) is 10.2 Å². The fraction of sp³-hybridized carbons (Fsp3) is 0.562. The fourth-order valence-electron chi connectivity index (χ4n) is 2.91. The number of rotatable bonds is 3. The first-order valence-corrected chi connectivity index (χ1v) is 8.15. The zero-order valence-corrected chi connectivity index (χ0v) is 13.1. The van der Waals surface area contributed by atoms with E-state index in [0.717, 1.165) is 31.4 Å².